The highest BCUT2D eigenvalue weighted by molar-refractivity contribution is 5.84. The van der Waals surface area contributed by atoms with Gasteiger partial charge in [0.15, 0.2) is 0 Å². The molecule has 3 atom stereocenters. The minimum Gasteiger partial charge on any atom is -0.496 e. The first-order valence-electron chi connectivity index (χ1n) is 6.92. The average molecular weight is 244 g/mol. The molecule has 0 radical (unpaired) electrons. The van der Waals surface area contributed by atoms with Crippen molar-refractivity contribution in [3.05, 3.63) is 29.8 Å². The molecule has 96 valence electrons. The molecule has 0 heterocycles. The number of hydrogen-bond donors (Lipinski definition) is 0. The molecule has 2 nitrogen and oxygen atoms in total. The van der Waals surface area contributed by atoms with E-state index in [1.54, 1.807) is 7.11 Å². The predicted molar refractivity (Wildman–Crippen MR) is 70.6 cm³/mol. The second-order valence-electron chi connectivity index (χ2n) is 5.74. The van der Waals surface area contributed by atoms with Gasteiger partial charge in [0.2, 0.25) is 0 Å². The van der Waals surface area contributed by atoms with Crippen molar-refractivity contribution in [3.63, 3.8) is 0 Å². The molecule has 3 unspecified atom stereocenters. The van der Waals surface area contributed by atoms with Crippen LogP contribution in [0.3, 0.4) is 0 Å². The third kappa shape index (κ3) is 2.05. The van der Waals surface area contributed by atoms with E-state index in [0.29, 0.717) is 24.0 Å². The summed E-state index contributed by atoms with van der Waals surface area (Å²) < 4.78 is 5.32. The van der Waals surface area contributed by atoms with Crippen molar-refractivity contribution >= 4 is 5.78 Å². The van der Waals surface area contributed by atoms with Crippen LogP contribution in [0.25, 0.3) is 0 Å². The Kier molecular flexibility index (Phi) is 3.11. The Hall–Kier alpha value is -1.31. The van der Waals surface area contributed by atoms with E-state index >= 15 is 0 Å². The number of methoxy groups -OCH3 is 1. The Bertz CT molecular complexity index is 452. The Morgan fingerprint density at radius 2 is 2.11 bits per heavy atom. The van der Waals surface area contributed by atoms with Gasteiger partial charge in [-0.15, -0.1) is 0 Å². The van der Waals surface area contributed by atoms with Crippen LogP contribution in [0, 0.1) is 17.8 Å². The van der Waals surface area contributed by atoms with E-state index in [4.69, 9.17) is 4.74 Å². The van der Waals surface area contributed by atoms with E-state index < -0.39 is 0 Å². The van der Waals surface area contributed by atoms with Crippen molar-refractivity contribution in [2.24, 2.45) is 17.8 Å². The van der Waals surface area contributed by atoms with E-state index in [9.17, 15) is 4.79 Å². The fraction of sp³-hybridized carbons (Fsp3) is 0.562. The van der Waals surface area contributed by atoms with Gasteiger partial charge in [-0.25, -0.2) is 0 Å². The summed E-state index contributed by atoms with van der Waals surface area (Å²) in [7, 11) is 1.67. The Morgan fingerprint density at radius 1 is 1.28 bits per heavy atom. The van der Waals surface area contributed by atoms with Crippen LogP contribution in [0.1, 0.15) is 31.2 Å². The van der Waals surface area contributed by atoms with Crippen molar-refractivity contribution in [2.75, 3.05) is 7.11 Å². The number of rotatable bonds is 4. The molecule has 1 aromatic rings. The summed E-state index contributed by atoms with van der Waals surface area (Å²) in [6.07, 6.45) is 5.59. The molecule has 2 fully saturated rings. The normalized spacial score (nSPS) is 29.5. The number of ether oxygens (including phenoxy) is 1. The number of carbonyl (C=O) groups is 1. The van der Waals surface area contributed by atoms with Crippen molar-refractivity contribution in [3.8, 4) is 5.75 Å². The highest BCUT2D eigenvalue weighted by atomic mass is 16.5. The van der Waals surface area contributed by atoms with Gasteiger partial charge in [0.1, 0.15) is 11.5 Å². The van der Waals surface area contributed by atoms with E-state index in [1.165, 1.54) is 19.3 Å². The van der Waals surface area contributed by atoms with E-state index in [1.807, 2.05) is 24.3 Å². The highest BCUT2D eigenvalue weighted by Crippen LogP contribution is 2.48. The molecule has 18 heavy (non-hydrogen) atoms. The predicted octanol–water partition coefficient (Wildman–Crippen LogP) is 3.24. The number of ketones is 1. The SMILES string of the molecule is COc1ccccc1CC(=O)C1CC2CCC1C2. The molecule has 2 heteroatoms. The first kappa shape index (κ1) is 11.8. The molecule has 0 aliphatic heterocycles. The third-order valence-corrected chi connectivity index (χ3v) is 4.71. The molecule has 2 bridgehead atoms. The molecule has 0 aromatic heterocycles. The Balaban J connectivity index is 1.71. The molecule has 2 aliphatic rings. The van der Waals surface area contributed by atoms with Crippen LogP contribution >= 0.6 is 0 Å². The van der Waals surface area contributed by atoms with Crippen LogP contribution < -0.4 is 4.74 Å². The zero-order chi connectivity index (χ0) is 12.5. The van der Waals surface area contributed by atoms with Crippen LogP contribution in [-0.2, 0) is 11.2 Å². The number of Topliss-reactive ketones (excluding diaryl/α,β-unsaturated/α-hetero) is 1. The summed E-state index contributed by atoms with van der Waals surface area (Å²) in [5.74, 6) is 3.10. The lowest BCUT2D eigenvalue weighted by atomic mass is 9.83. The summed E-state index contributed by atoms with van der Waals surface area (Å²) in [4.78, 5) is 12.4. The van der Waals surface area contributed by atoms with Crippen molar-refractivity contribution in [2.45, 2.75) is 32.1 Å². The first-order chi connectivity index (χ1) is 8.78. The summed E-state index contributed by atoms with van der Waals surface area (Å²) in [6, 6.07) is 7.86. The lowest BCUT2D eigenvalue weighted by Crippen LogP contribution is -2.22. The molecular formula is C16H20O2. The second-order valence-corrected chi connectivity index (χ2v) is 5.74. The van der Waals surface area contributed by atoms with Crippen LogP contribution in [-0.4, -0.2) is 12.9 Å². The smallest absolute Gasteiger partial charge is 0.140 e. The molecule has 0 spiro atoms. The zero-order valence-electron chi connectivity index (χ0n) is 10.9. The van der Waals surface area contributed by atoms with Crippen LogP contribution in [0.2, 0.25) is 0 Å². The van der Waals surface area contributed by atoms with Gasteiger partial charge in [0.05, 0.1) is 7.11 Å². The molecule has 0 N–H and O–H groups in total. The maximum absolute atomic E-state index is 12.4. The van der Waals surface area contributed by atoms with Crippen LogP contribution in [0.4, 0.5) is 0 Å². The van der Waals surface area contributed by atoms with Gasteiger partial charge in [0, 0.05) is 17.9 Å². The minimum absolute atomic E-state index is 0.327. The quantitative estimate of drug-likeness (QED) is 0.812. The maximum atomic E-state index is 12.4. The molecule has 1 aromatic carbocycles. The van der Waals surface area contributed by atoms with Crippen LogP contribution in [0.5, 0.6) is 5.75 Å². The van der Waals surface area contributed by atoms with E-state index in [-0.39, 0.29) is 0 Å². The lowest BCUT2D eigenvalue weighted by Gasteiger charge is -2.20. The van der Waals surface area contributed by atoms with Gasteiger partial charge in [-0.05, 0) is 37.2 Å². The molecule has 2 saturated carbocycles. The van der Waals surface area contributed by atoms with E-state index in [0.717, 1.165) is 23.7 Å². The van der Waals surface area contributed by atoms with Crippen LogP contribution in [0.15, 0.2) is 24.3 Å². The lowest BCUT2D eigenvalue weighted by molar-refractivity contribution is -0.123. The standard InChI is InChI=1S/C16H20O2/c1-18-16-5-3-2-4-13(16)10-15(17)14-9-11-6-7-12(14)8-11/h2-5,11-12,14H,6-10H2,1H3. The highest BCUT2D eigenvalue weighted by Gasteiger charge is 2.42. The summed E-state index contributed by atoms with van der Waals surface area (Å²) in [5.41, 5.74) is 1.03. The monoisotopic (exact) mass is 244 g/mol. The summed E-state index contributed by atoms with van der Waals surface area (Å²) in [6.45, 7) is 0. The van der Waals surface area contributed by atoms with Gasteiger partial charge in [0.25, 0.3) is 0 Å². The Labute approximate surface area is 108 Å². The number of fused-ring (bicyclic) bond motifs is 2. The van der Waals surface area contributed by atoms with Crippen molar-refractivity contribution in [1.82, 2.24) is 0 Å². The Morgan fingerprint density at radius 3 is 2.78 bits per heavy atom. The number of para-hydroxylation sites is 1. The zero-order valence-corrected chi connectivity index (χ0v) is 10.9. The first-order valence-corrected chi connectivity index (χ1v) is 6.92. The molecule has 3 rings (SSSR count). The molecular weight excluding hydrogens is 224 g/mol. The number of carbonyl (C=O) groups excluding carboxylic acids is 1. The van der Waals surface area contributed by atoms with Gasteiger partial charge in [-0.2, -0.15) is 0 Å². The molecule has 2 aliphatic carbocycles. The van der Waals surface area contributed by atoms with Crippen molar-refractivity contribution in [1.29, 1.82) is 0 Å². The summed E-state index contributed by atoms with van der Waals surface area (Å²) in [5, 5.41) is 0. The average Bonchev–Trinajstić information content (AvgIpc) is 3.01. The van der Waals surface area contributed by atoms with Gasteiger partial charge < -0.3 is 4.74 Å². The maximum Gasteiger partial charge on any atom is 0.140 e. The van der Waals surface area contributed by atoms with Gasteiger partial charge in [-0.1, -0.05) is 24.6 Å². The van der Waals surface area contributed by atoms with Gasteiger partial charge in [-0.3, -0.25) is 4.79 Å². The second kappa shape index (κ2) is 4.75. The molecule has 0 saturated heterocycles. The van der Waals surface area contributed by atoms with Gasteiger partial charge >= 0.3 is 0 Å². The van der Waals surface area contributed by atoms with E-state index in [2.05, 4.69) is 0 Å². The topological polar surface area (TPSA) is 26.3 Å². The molecule has 0 amide bonds. The number of benzene rings is 1. The summed E-state index contributed by atoms with van der Waals surface area (Å²) >= 11 is 0. The fourth-order valence-electron chi connectivity index (χ4n) is 3.81. The third-order valence-electron chi connectivity index (χ3n) is 4.71. The fourth-order valence-corrected chi connectivity index (χ4v) is 3.81. The minimum atomic E-state index is 0.327. The number of hydrogen-bond acceptors (Lipinski definition) is 2. The van der Waals surface area contributed by atoms with Crippen molar-refractivity contribution < 1.29 is 9.53 Å². The largest absolute Gasteiger partial charge is 0.496 e.